The summed E-state index contributed by atoms with van der Waals surface area (Å²) in [7, 11) is 3.98. The van der Waals surface area contributed by atoms with E-state index < -0.39 is 24.0 Å². The lowest BCUT2D eigenvalue weighted by Gasteiger charge is -2.23. The number of ether oxygens (including phenoxy) is 3. The van der Waals surface area contributed by atoms with E-state index in [9.17, 15) is 14.7 Å². The van der Waals surface area contributed by atoms with Crippen molar-refractivity contribution in [2.24, 2.45) is 0 Å². The molecule has 0 aliphatic carbocycles. The Kier molecular flexibility index (Phi) is 7.51. The number of hydrogen-bond donors (Lipinski definition) is 2. The first-order valence-corrected chi connectivity index (χ1v) is 8.82. The summed E-state index contributed by atoms with van der Waals surface area (Å²) in [6.45, 7) is 0. The van der Waals surface area contributed by atoms with Gasteiger partial charge in [0, 0.05) is 0 Å². The number of amides is 1. The molecule has 0 aliphatic rings. The van der Waals surface area contributed by atoms with E-state index in [1.165, 1.54) is 26.4 Å². The van der Waals surface area contributed by atoms with E-state index in [0.717, 1.165) is 7.11 Å². The van der Waals surface area contributed by atoms with Gasteiger partial charge in [-0.3, -0.25) is 4.79 Å². The number of benzene rings is 2. The predicted molar refractivity (Wildman–Crippen MR) is 104 cm³/mol. The van der Waals surface area contributed by atoms with Crippen LogP contribution >= 0.6 is 23.2 Å². The number of carbonyl (C=O) groups is 2. The highest BCUT2D eigenvalue weighted by atomic mass is 35.5. The van der Waals surface area contributed by atoms with Crippen LogP contribution in [0.25, 0.3) is 0 Å². The van der Waals surface area contributed by atoms with Gasteiger partial charge in [-0.1, -0.05) is 35.3 Å². The molecule has 7 nitrogen and oxygen atoms in total. The molecule has 2 aromatic carbocycles. The highest BCUT2D eigenvalue weighted by Gasteiger charge is 2.32. The molecule has 1 amide bonds. The monoisotopic (exact) mass is 427 g/mol. The molecular formula is C19H19Cl2NO6. The first-order valence-electron chi connectivity index (χ1n) is 8.06. The second kappa shape index (κ2) is 9.64. The van der Waals surface area contributed by atoms with Crippen molar-refractivity contribution < 1.29 is 28.9 Å². The zero-order valence-corrected chi connectivity index (χ0v) is 16.9. The number of carbonyl (C=O) groups excluding carboxylic acids is 2. The minimum atomic E-state index is -1.40. The molecule has 28 heavy (non-hydrogen) atoms. The molecule has 2 rings (SSSR count). The minimum absolute atomic E-state index is 0.0502. The molecule has 2 atom stereocenters. The second-order valence-electron chi connectivity index (χ2n) is 5.63. The number of esters is 1. The number of hydrogen-bond acceptors (Lipinski definition) is 6. The molecule has 0 saturated heterocycles. The molecular weight excluding hydrogens is 409 g/mol. The zero-order chi connectivity index (χ0) is 20.8. The van der Waals surface area contributed by atoms with Crippen LogP contribution in [0.3, 0.4) is 0 Å². The highest BCUT2D eigenvalue weighted by molar-refractivity contribution is 6.37. The summed E-state index contributed by atoms with van der Waals surface area (Å²) in [4.78, 5) is 25.0. The van der Waals surface area contributed by atoms with E-state index in [2.05, 4.69) is 5.32 Å². The molecule has 150 valence electrons. The van der Waals surface area contributed by atoms with E-state index in [-0.39, 0.29) is 21.4 Å². The number of nitrogens with one attached hydrogen (secondary N) is 1. The van der Waals surface area contributed by atoms with Gasteiger partial charge in [0.1, 0.15) is 17.4 Å². The maximum absolute atomic E-state index is 12.8. The molecule has 0 bridgehead atoms. The Labute approximate surface area is 172 Å². The van der Waals surface area contributed by atoms with Crippen molar-refractivity contribution in [3.63, 3.8) is 0 Å². The Morgan fingerprint density at radius 3 is 2.11 bits per heavy atom. The molecule has 9 heteroatoms. The third kappa shape index (κ3) is 4.67. The number of aliphatic hydroxyl groups excluding tert-OH is 1. The van der Waals surface area contributed by atoms with Gasteiger partial charge in [-0.15, -0.1) is 0 Å². The third-order valence-electron chi connectivity index (χ3n) is 4.00. The molecule has 0 spiro atoms. The van der Waals surface area contributed by atoms with Gasteiger partial charge in [0.2, 0.25) is 0 Å². The fraction of sp³-hybridized carbons (Fsp3) is 0.263. The van der Waals surface area contributed by atoms with Gasteiger partial charge >= 0.3 is 5.97 Å². The van der Waals surface area contributed by atoms with Crippen LogP contribution in [0.15, 0.2) is 36.4 Å². The van der Waals surface area contributed by atoms with Gasteiger partial charge < -0.3 is 24.6 Å². The fourth-order valence-corrected chi connectivity index (χ4v) is 3.01. The lowest BCUT2D eigenvalue weighted by atomic mass is 10.0. The summed E-state index contributed by atoms with van der Waals surface area (Å²) in [5, 5.41) is 13.3. The fourth-order valence-electron chi connectivity index (χ4n) is 2.55. The zero-order valence-electron chi connectivity index (χ0n) is 15.4. The third-order valence-corrected chi connectivity index (χ3v) is 4.62. The molecule has 0 aliphatic heterocycles. The molecule has 0 heterocycles. The number of halogens is 2. The Bertz CT molecular complexity index is 856. The molecule has 2 unspecified atom stereocenters. The number of methoxy groups -OCH3 is 3. The van der Waals surface area contributed by atoms with Gasteiger partial charge in [0.15, 0.2) is 11.8 Å². The summed E-state index contributed by atoms with van der Waals surface area (Å²) in [5.41, 5.74) is 0.313. The van der Waals surface area contributed by atoms with Crippen molar-refractivity contribution in [3.05, 3.63) is 57.6 Å². The summed E-state index contributed by atoms with van der Waals surface area (Å²) < 4.78 is 14.9. The van der Waals surface area contributed by atoms with Gasteiger partial charge in [-0.05, 0) is 29.8 Å². The molecule has 2 N–H and O–H groups in total. The van der Waals surface area contributed by atoms with Gasteiger partial charge in [-0.2, -0.15) is 0 Å². The van der Waals surface area contributed by atoms with Crippen molar-refractivity contribution in [3.8, 4) is 11.5 Å². The predicted octanol–water partition coefficient (Wildman–Crippen LogP) is 3.02. The van der Waals surface area contributed by atoms with E-state index in [1.807, 2.05) is 0 Å². The molecule has 0 radical (unpaired) electrons. The average molecular weight is 428 g/mol. The molecule has 0 aromatic heterocycles. The normalized spacial score (nSPS) is 12.6. The Balaban J connectivity index is 2.36. The van der Waals surface area contributed by atoms with E-state index in [0.29, 0.717) is 11.3 Å². The van der Waals surface area contributed by atoms with Crippen molar-refractivity contribution in [1.29, 1.82) is 0 Å². The Morgan fingerprint density at radius 1 is 0.964 bits per heavy atom. The SMILES string of the molecule is COC(=O)C(NC(=O)c1c(Cl)ccc(Cl)c1OC)C(O)c1ccc(OC)cc1. The first kappa shape index (κ1) is 21.8. The van der Waals surface area contributed by atoms with Gasteiger partial charge in [0.25, 0.3) is 5.91 Å². The van der Waals surface area contributed by atoms with Crippen LogP contribution in [0.2, 0.25) is 10.0 Å². The van der Waals surface area contributed by atoms with Gasteiger partial charge in [-0.25, -0.2) is 4.79 Å². The number of aliphatic hydroxyl groups is 1. The Morgan fingerprint density at radius 2 is 1.57 bits per heavy atom. The minimum Gasteiger partial charge on any atom is -0.497 e. The summed E-state index contributed by atoms with van der Waals surface area (Å²) in [5.74, 6) is -0.972. The first-order chi connectivity index (χ1) is 13.3. The number of rotatable bonds is 7. The van der Waals surface area contributed by atoms with Crippen molar-refractivity contribution in [2.75, 3.05) is 21.3 Å². The summed E-state index contributed by atoms with van der Waals surface area (Å²) in [6, 6.07) is 7.87. The quantitative estimate of drug-likeness (QED) is 0.659. The van der Waals surface area contributed by atoms with Crippen LogP contribution in [0.4, 0.5) is 0 Å². The maximum atomic E-state index is 12.8. The topological polar surface area (TPSA) is 94.1 Å². The highest BCUT2D eigenvalue weighted by Crippen LogP contribution is 2.34. The van der Waals surface area contributed by atoms with Gasteiger partial charge in [0.05, 0.1) is 31.4 Å². The lowest BCUT2D eigenvalue weighted by molar-refractivity contribution is -0.146. The summed E-state index contributed by atoms with van der Waals surface area (Å²) in [6.07, 6.45) is -1.38. The van der Waals surface area contributed by atoms with Crippen molar-refractivity contribution in [1.82, 2.24) is 5.32 Å². The molecule has 0 fully saturated rings. The largest absolute Gasteiger partial charge is 0.497 e. The van der Waals surface area contributed by atoms with Crippen molar-refractivity contribution in [2.45, 2.75) is 12.1 Å². The second-order valence-corrected chi connectivity index (χ2v) is 6.44. The van der Waals surface area contributed by atoms with Crippen molar-refractivity contribution >= 4 is 35.1 Å². The molecule has 2 aromatic rings. The summed E-state index contributed by atoms with van der Waals surface area (Å²) >= 11 is 12.2. The van der Waals surface area contributed by atoms with Crippen LogP contribution in [-0.4, -0.2) is 44.4 Å². The van der Waals surface area contributed by atoms with E-state index in [1.54, 1.807) is 24.3 Å². The van der Waals surface area contributed by atoms with Crippen LogP contribution in [0.5, 0.6) is 11.5 Å². The molecule has 0 saturated carbocycles. The maximum Gasteiger partial charge on any atom is 0.331 e. The van der Waals surface area contributed by atoms with Crippen LogP contribution < -0.4 is 14.8 Å². The average Bonchev–Trinajstić information content (AvgIpc) is 2.72. The Hall–Kier alpha value is -2.48. The lowest BCUT2D eigenvalue weighted by Crippen LogP contribution is -2.45. The van der Waals surface area contributed by atoms with E-state index >= 15 is 0 Å². The standard InChI is InChI=1S/C19H19Cl2NO6/c1-26-11-6-4-10(5-7-11)16(23)15(19(25)28-3)22-18(24)14-12(20)8-9-13(21)17(14)27-2/h4-9,15-16,23H,1-3H3,(H,22,24). The smallest absolute Gasteiger partial charge is 0.331 e. The van der Waals surface area contributed by atoms with Crippen LogP contribution in [0, 0.1) is 0 Å². The van der Waals surface area contributed by atoms with Crippen LogP contribution in [-0.2, 0) is 9.53 Å². The van der Waals surface area contributed by atoms with Crippen LogP contribution in [0.1, 0.15) is 22.0 Å². The van der Waals surface area contributed by atoms with E-state index in [4.69, 9.17) is 37.4 Å².